The molecule has 0 radical (unpaired) electrons. The lowest BCUT2D eigenvalue weighted by Gasteiger charge is -2.19. The Hall–Kier alpha value is -2.46. The summed E-state index contributed by atoms with van der Waals surface area (Å²) in [6, 6.07) is 16.1. The van der Waals surface area contributed by atoms with Gasteiger partial charge in [-0.3, -0.25) is 15.3 Å². The molecule has 2 heterocycles. The third-order valence-electron chi connectivity index (χ3n) is 3.06. The average Bonchev–Trinajstić information content (AvgIpc) is 2.55. The lowest BCUT2D eigenvalue weighted by molar-refractivity contribution is 0.579. The highest BCUT2D eigenvalue weighted by Crippen LogP contribution is 2.13. The van der Waals surface area contributed by atoms with Gasteiger partial charge in [-0.1, -0.05) is 36.4 Å². The minimum absolute atomic E-state index is 0.0441. The van der Waals surface area contributed by atoms with Gasteiger partial charge in [0.05, 0.1) is 5.69 Å². The average molecular weight is 264 g/mol. The number of nitrogens with zero attached hydrogens (tertiary/aromatic N) is 2. The van der Waals surface area contributed by atoms with Crippen LogP contribution >= 0.6 is 0 Å². The van der Waals surface area contributed by atoms with E-state index >= 15 is 0 Å². The Kier molecular flexibility index (Phi) is 3.85. The number of rotatable bonds is 4. The summed E-state index contributed by atoms with van der Waals surface area (Å²) in [5.74, 6) is 0. The van der Waals surface area contributed by atoms with Gasteiger partial charge in [-0.25, -0.2) is 0 Å². The van der Waals surface area contributed by atoms with Crippen molar-refractivity contribution in [3.05, 3.63) is 72.2 Å². The molecule has 3 rings (SSSR count). The molecule has 1 unspecified atom stereocenters. The van der Waals surface area contributed by atoms with Gasteiger partial charge in [0.2, 0.25) is 0 Å². The van der Waals surface area contributed by atoms with Crippen LogP contribution in [0.25, 0.3) is 5.70 Å². The van der Waals surface area contributed by atoms with E-state index in [0.717, 1.165) is 17.9 Å². The lowest BCUT2D eigenvalue weighted by Crippen LogP contribution is -2.42. The summed E-state index contributed by atoms with van der Waals surface area (Å²) < 4.78 is 0. The first-order valence-corrected chi connectivity index (χ1v) is 6.61. The molecule has 4 heteroatoms. The number of hydrogen-bond donors (Lipinski definition) is 2. The second-order valence-corrected chi connectivity index (χ2v) is 4.53. The van der Waals surface area contributed by atoms with Gasteiger partial charge in [0.25, 0.3) is 0 Å². The topological polar surface area (TPSA) is 49.3 Å². The molecule has 0 saturated heterocycles. The zero-order chi connectivity index (χ0) is 13.6. The molecule has 0 bridgehead atoms. The zero-order valence-electron chi connectivity index (χ0n) is 11.0. The Morgan fingerprint density at radius 1 is 1.05 bits per heavy atom. The Bertz CT molecular complexity index is 605. The summed E-state index contributed by atoms with van der Waals surface area (Å²) >= 11 is 0. The van der Waals surface area contributed by atoms with Crippen molar-refractivity contribution in [1.29, 1.82) is 0 Å². The first kappa shape index (κ1) is 12.6. The van der Waals surface area contributed by atoms with Gasteiger partial charge in [0, 0.05) is 25.2 Å². The van der Waals surface area contributed by atoms with E-state index < -0.39 is 0 Å². The van der Waals surface area contributed by atoms with E-state index in [9.17, 15) is 0 Å². The zero-order valence-corrected chi connectivity index (χ0v) is 11.0. The SMILES string of the molecule is C1=NC(c2ccccn2)=CNC1NCc1ccccc1. The minimum Gasteiger partial charge on any atom is -0.369 e. The Balaban J connectivity index is 1.56. The fourth-order valence-corrected chi connectivity index (χ4v) is 1.99. The molecule has 1 aromatic heterocycles. The normalized spacial score (nSPS) is 17.4. The molecule has 2 N–H and O–H groups in total. The van der Waals surface area contributed by atoms with Crippen LogP contribution < -0.4 is 10.6 Å². The highest BCUT2D eigenvalue weighted by atomic mass is 15.1. The van der Waals surface area contributed by atoms with Crippen molar-refractivity contribution in [3.63, 3.8) is 0 Å². The summed E-state index contributed by atoms with van der Waals surface area (Å²) in [6.07, 6.45) is 5.58. The van der Waals surface area contributed by atoms with E-state index in [0.29, 0.717) is 0 Å². The third-order valence-corrected chi connectivity index (χ3v) is 3.06. The molecule has 100 valence electrons. The summed E-state index contributed by atoms with van der Waals surface area (Å²) in [4.78, 5) is 8.72. The molecule has 0 aliphatic carbocycles. The van der Waals surface area contributed by atoms with Gasteiger partial charge < -0.3 is 5.32 Å². The molecule has 1 aromatic carbocycles. The van der Waals surface area contributed by atoms with E-state index in [-0.39, 0.29) is 6.17 Å². The molecule has 2 aromatic rings. The standard InChI is InChI=1S/C16H16N4/c1-2-6-13(7-3-1)10-19-16-12-18-15(11-20-16)14-8-4-5-9-17-14/h1-9,11-12,16,19-20H,10H2. The van der Waals surface area contributed by atoms with Crippen LogP contribution in [0.5, 0.6) is 0 Å². The monoisotopic (exact) mass is 264 g/mol. The van der Waals surface area contributed by atoms with Crippen molar-refractivity contribution in [2.75, 3.05) is 0 Å². The molecular formula is C16H16N4. The number of nitrogens with one attached hydrogen (secondary N) is 2. The van der Waals surface area contributed by atoms with Crippen LogP contribution in [0.15, 0.2) is 65.9 Å². The van der Waals surface area contributed by atoms with Gasteiger partial charge in [0.1, 0.15) is 11.9 Å². The van der Waals surface area contributed by atoms with Gasteiger partial charge in [-0.15, -0.1) is 0 Å². The van der Waals surface area contributed by atoms with Gasteiger partial charge in [0.15, 0.2) is 0 Å². The number of aliphatic imine (C=N–C) groups is 1. The van der Waals surface area contributed by atoms with E-state index in [1.54, 1.807) is 6.20 Å². The predicted molar refractivity (Wildman–Crippen MR) is 80.9 cm³/mol. The summed E-state index contributed by atoms with van der Waals surface area (Å²) in [7, 11) is 0. The fourth-order valence-electron chi connectivity index (χ4n) is 1.99. The smallest absolute Gasteiger partial charge is 0.113 e. The molecule has 0 fully saturated rings. The molecule has 0 amide bonds. The van der Waals surface area contributed by atoms with E-state index in [1.807, 2.05) is 48.8 Å². The van der Waals surface area contributed by atoms with Crippen LogP contribution in [0, 0.1) is 0 Å². The highest BCUT2D eigenvalue weighted by Gasteiger charge is 2.09. The van der Waals surface area contributed by atoms with E-state index in [1.165, 1.54) is 5.56 Å². The maximum absolute atomic E-state index is 4.44. The van der Waals surface area contributed by atoms with Gasteiger partial charge in [-0.05, 0) is 17.7 Å². The van der Waals surface area contributed by atoms with Crippen LogP contribution in [0.3, 0.4) is 0 Å². The fraction of sp³-hybridized carbons (Fsp3) is 0.125. The largest absolute Gasteiger partial charge is 0.369 e. The number of hydrogen-bond acceptors (Lipinski definition) is 4. The van der Waals surface area contributed by atoms with Crippen molar-refractivity contribution in [2.24, 2.45) is 4.99 Å². The van der Waals surface area contributed by atoms with Gasteiger partial charge in [-0.2, -0.15) is 0 Å². The molecule has 0 spiro atoms. The predicted octanol–water partition coefficient (Wildman–Crippen LogP) is 2.17. The molecule has 20 heavy (non-hydrogen) atoms. The maximum Gasteiger partial charge on any atom is 0.113 e. The van der Waals surface area contributed by atoms with E-state index in [4.69, 9.17) is 0 Å². The lowest BCUT2D eigenvalue weighted by atomic mass is 10.2. The van der Waals surface area contributed by atoms with E-state index in [2.05, 4.69) is 32.7 Å². The van der Waals surface area contributed by atoms with Crippen LogP contribution in [0.1, 0.15) is 11.3 Å². The first-order chi connectivity index (χ1) is 9.92. The molecule has 1 aliphatic heterocycles. The van der Waals surface area contributed by atoms with Crippen LogP contribution in [0.4, 0.5) is 0 Å². The Morgan fingerprint density at radius 3 is 2.60 bits per heavy atom. The third kappa shape index (κ3) is 3.10. The maximum atomic E-state index is 4.44. The molecule has 4 nitrogen and oxygen atoms in total. The second kappa shape index (κ2) is 6.12. The Morgan fingerprint density at radius 2 is 1.90 bits per heavy atom. The van der Waals surface area contributed by atoms with Crippen LogP contribution in [0.2, 0.25) is 0 Å². The second-order valence-electron chi connectivity index (χ2n) is 4.53. The highest BCUT2D eigenvalue weighted by molar-refractivity contribution is 5.77. The number of aromatic nitrogens is 1. The van der Waals surface area contributed by atoms with Crippen molar-refractivity contribution >= 4 is 11.9 Å². The molecule has 1 atom stereocenters. The molecule has 1 aliphatic rings. The van der Waals surface area contributed by atoms with Crippen molar-refractivity contribution in [2.45, 2.75) is 12.7 Å². The molecular weight excluding hydrogens is 248 g/mol. The summed E-state index contributed by atoms with van der Waals surface area (Å²) in [6.45, 7) is 0.803. The number of benzene rings is 1. The van der Waals surface area contributed by atoms with Crippen molar-refractivity contribution in [3.8, 4) is 0 Å². The van der Waals surface area contributed by atoms with Gasteiger partial charge >= 0.3 is 0 Å². The van der Waals surface area contributed by atoms with Crippen LogP contribution in [-0.2, 0) is 6.54 Å². The van der Waals surface area contributed by atoms with Crippen LogP contribution in [-0.4, -0.2) is 17.4 Å². The minimum atomic E-state index is 0.0441. The Labute approximate surface area is 118 Å². The van der Waals surface area contributed by atoms with Crippen molar-refractivity contribution < 1.29 is 0 Å². The quantitative estimate of drug-likeness (QED) is 0.889. The first-order valence-electron chi connectivity index (χ1n) is 6.61. The van der Waals surface area contributed by atoms with Crippen molar-refractivity contribution in [1.82, 2.24) is 15.6 Å². The molecule has 0 saturated carbocycles. The summed E-state index contributed by atoms with van der Waals surface area (Å²) in [5, 5.41) is 6.66. The summed E-state index contributed by atoms with van der Waals surface area (Å²) in [5.41, 5.74) is 2.98. The number of pyridine rings is 1.